The van der Waals surface area contributed by atoms with E-state index in [4.69, 9.17) is 4.74 Å². The largest absolute Gasteiger partial charge is 0.508 e. The van der Waals surface area contributed by atoms with Crippen LogP contribution in [-0.4, -0.2) is 58.2 Å². The molecule has 0 saturated carbocycles. The molecule has 0 unspecified atom stereocenters. The predicted molar refractivity (Wildman–Crippen MR) is 108 cm³/mol. The van der Waals surface area contributed by atoms with Gasteiger partial charge in [0.25, 0.3) is 0 Å². The lowest BCUT2D eigenvalue weighted by atomic mass is 9.85. The predicted octanol–water partition coefficient (Wildman–Crippen LogP) is 2.62. The second-order valence-corrected chi connectivity index (χ2v) is 7.15. The molecule has 6 heteroatoms. The molecule has 0 radical (unpaired) electrons. The van der Waals surface area contributed by atoms with Gasteiger partial charge in [-0.2, -0.15) is 0 Å². The molecule has 0 aliphatic carbocycles. The zero-order valence-electron chi connectivity index (χ0n) is 15.3. The van der Waals surface area contributed by atoms with E-state index in [1.54, 1.807) is 24.3 Å². The van der Waals surface area contributed by atoms with Crippen LogP contribution in [0.5, 0.6) is 11.5 Å². The maximum Gasteiger partial charge on any atom is 0.119 e. The highest BCUT2D eigenvalue weighted by Crippen LogP contribution is 2.26. The Balaban J connectivity index is 0.00000261. The molecule has 1 atom stereocenters. The van der Waals surface area contributed by atoms with E-state index in [2.05, 4.69) is 17.0 Å². The van der Waals surface area contributed by atoms with Crippen molar-refractivity contribution in [1.82, 2.24) is 4.90 Å². The molecular weight excluding hydrogens is 366 g/mol. The van der Waals surface area contributed by atoms with Gasteiger partial charge >= 0.3 is 0 Å². The minimum Gasteiger partial charge on any atom is -0.508 e. The van der Waals surface area contributed by atoms with Crippen molar-refractivity contribution in [3.8, 4) is 11.5 Å². The van der Waals surface area contributed by atoms with Crippen molar-refractivity contribution in [1.29, 1.82) is 0 Å². The van der Waals surface area contributed by atoms with E-state index in [9.17, 15) is 15.3 Å². The van der Waals surface area contributed by atoms with Gasteiger partial charge in [-0.25, -0.2) is 0 Å². The number of rotatable bonds is 7. The first-order valence-corrected chi connectivity index (χ1v) is 9.11. The first-order chi connectivity index (χ1) is 12.5. The number of phenols is 1. The molecule has 1 fully saturated rings. The molecule has 1 aliphatic heterocycles. The molecule has 1 heterocycles. The summed E-state index contributed by atoms with van der Waals surface area (Å²) in [6, 6.07) is 16.5. The number of piperidine rings is 1. The maximum atomic E-state index is 10.8. The number of ether oxygens (including phenoxy) is 1. The fraction of sp³-hybridized carbons (Fsp3) is 0.429. The molecule has 27 heavy (non-hydrogen) atoms. The summed E-state index contributed by atoms with van der Waals surface area (Å²) >= 11 is 0. The number of aromatic hydroxyl groups is 1. The number of hydrogen-bond donors (Lipinski definition) is 3. The Labute approximate surface area is 166 Å². The van der Waals surface area contributed by atoms with Crippen LogP contribution in [-0.2, 0) is 6.42 Å². The molecule has 0 aromatic heterocycles. The Morgan fingerprint density at radius 3 is 2.26 bits per heavy atom. The van der Waals surface area contributed by atoms with Crippen LogP contribution in [0.3, 0.4) is 0 Å². The van der Waals surface area contributed by atoms with E-state index in [1.807, 2.05) is 18.2 Å². The molecule has 3 N–H and O–H groups in total. The normalized spacial score (nSPS) is 17.7. The van der Waals surface area contributed by atoms with Gasteiger partial charge in [0, 0.05) is 26.1 Å². The Kier molecular flexibility index (Phi) is 7.92. The van der Waals surface area contributed by atoms with Crippen molar-refractivity contribution in [2.24, 2.45) is 0 Å². The number of nitrogens with zero attached hydrogens (tertiary/aromatic N) is 1. The number of phenolic OH excluding ortho intramolecular Hbond substituents is 1. The summed E-state index contributed by atoms with van der Waals surface area (Å²) in [6.45, 7) is 2.26. The van der Waals surface area contributed by atoms with Gasteiger partial charge in [-0.3, -0.25) is 0 Å². The van der Waals surface area contributed by atoms with Gasteiger partial charge in [-0.15, -0.1) is 12.4 Å². The highest BCUT2D eigenvalue weighted by atomic mass is 35.5. The van der Waals surface area contributed by atoms with E-state index in [-0.39, 0.29) is 24.8 Å². The van der Waals surface area contributed by atoms with Crippen molar-refractivity contribution >= 4 is 12.4 Å². The number of aliphatic hydroxyl groups is 2. The van der Waals surface area contributed by atoms with Crippen LogP contribution in [0.25, 0.3) is 0 Å². The summed E-state index contributed by atoms with van der Waals surface area (Å²) in [7, 11) is 0. The van der Waals surface area contributed by atoms with E-state index >= 15 is 0 Å². The summed E-state index contributed by atoms with van der Waals surface area (Å²) in [6.07, 6.45) is 1.49. The fourth-order valence-electron chi connectivity index (χ4n) is 3.39. The van der Waals surface area contributed by atoms with Gasteiger partial charge < -0.3 is 25.0 Å². The Hall–Kier alpha value is -1.79. The van der Waals surface area contributed by atoms with Gasteiger partial charge in [-0.1, -0.05) is 30.3 Å². The molecule has 0 amide bonds. The number of hydrogen-bond acceptors (Lipinski definition) is 5. The van der Waals surface area contributed by atoms with Crippen LogP contribution in [0.4, 0.5) is 0 Å². The van der Waals surface area contributed by atoms with E-state index in [1.165, 1.54) is 0 Å². The average molecular weight is 394 g/mol. The van der Waals surface area contributed by atoms with E-state index in [0.717, 1.165) is 18.7 Å². The number of aliphatic hydroxyl groups excluding tert-OH is 1. The van der Waals surface area contributed by atoms with Gasteiger partial charge in [0.15, 0.2) is 0 Å². The van der Waals surface area contributed by atoms with Crippen LogP contribution in [0, 0.1) is 0 Å². The zero-order valence-corrected chi connectivity index (χ0v) is 16.1. The molecule has 2 aromatic carbocycles. The van der Waals surface area contributed by atoms with Crippen LogP contribution in [0.15, 0.2) is 54.6 Å². The monoisotopic (exact) mass is 393 g/mol. The van der Waals surface area contributed by atoms with E-state index < -0.39 is 11.7 Å². The van der Waals surface area contributed by atoms with Crippen LogP contribution < -0.4 is 4.74 Å². The van der Waals surface area contributed by atoms with Crippen molar-refractivity contribution in [2.45, 2.75) is 31.0 Å². The molecule has 3 rings (SSSR count). The average Bonchev–Trinajstić information content (AvgIpc) is 2.64. The number of likely N-dealkylation sites (tertiary alicyclic amines) is 1. The second-order valence-electron chi connectivity index (χ2n) is 7.15. The summed E-state index contributed by atoms with van der Waals surface area (Å²) in [5.74, 6) is 0.812. The lowest BCUT2D eigenvalue weighted by molar-refractivity contribution is -0.0325. The summed E-state index contributed by atoms with van der Waals surface area (Å²) in [4.78, 5) is 2.17. The van der Waals surface area contributed by atoms with Crippen molar-refractivity contribution in [3.05, 3.63) is 60.2 Å². The quantitative estimate of drug-likeness (QED) is 0.674. The smallest absolute Gasteiger partial charge is 0.119 e. The summed E-state index contributed by atoms with van der Waals surface area (Å²) in [5.41, 5.74) is 0.497. The number of benzene rings is 2. The van der Waals surface area contributed by atoms with Gasteiger partial charge in [0.05, 0.1) is 5.60 Å². The third-order valence-corrected chi connectivity index (χ3v) is 4.91. The molecule has 0 bridgehead atoms. The third kappa shape index (κ3) is 6.70. The molecule has 5 nitrogen and oxygen atoms in total. The van der Waals surface area contributed by atoms with Crippen molar-refractivity contribution in [2.75, 3.05) is 26.2 Å². The van der Waals surface area contributed by atoms with E-state index in [0.29, 0.717) is 31.6 Å². The lowest BCUT2D eigenvalue weighted by Gasteiger charge is -2.39. The highest BCUT2D eigenvalue weighted by molar-refractivity contribution is 5.85. The molecule has 1 aliphatic rings. The van der Waals surface area contributed by atoms with Gasteiger partial charge in [0.2, 0.25) is 0 Å². The zero-order chi connectivity index (χ0) is 18.4. The molecule has 1 saturated heterocycles. The van der Waals surface area contributed by atoms with Gasteiger partial charge in [0.1, 0.15) is 24.2 Å². The molecule has 2 aromatic rings. The summed E-state index contributed by atoms with van der Waals surface area (Å²) in [5, 5.41) is 30.3. The highest BCUT2D eigenvalue weighted by Gasteiger charge is 2.32. The third-order valence-electron chi connectivity index (χ3n) is 4.91. The molecular formula is C21H28ClNO4. The minimum atomic E-state index is -0.661. The standard InChI is InChI=1S/C21H27NO4.ClH/c23-18-6-8-20(9-7-18)26-16-19(24)15-22-12-10-21(25,11-13-22)14-17-4-2-1-3-5-17;/h1-9,19,23-25H,10-16H2;1H/t19-;/m1./s1. The minimum absolute atomic E-state index is 0. The maximum absolute atomic E-state index is 10.8. The molecule has 0 spiro atoms. The fourth-order valence-corrected chi connectivity index (χ4v) is 3.39. The SMILES string of the molecule is Cl.Oc1ccc(OC[C@H](O)CN2CCC(O)(Cc3ccccc3)CC2)cc1. The van der Waals surface area contributed by atoms with Crippen LogP contribution in [0.2, 0.25) is 0 Å². The van der Waals surface area contributed by atoms with Crippen LogP contribution >= 0.6 is 12.4 Å². The van der Waals surface area contributed by atoms with Crippen molar-refractivity contribution in [3.63, 3.8) is 0 Å². The first kappa shape index (κ1) is 21.5. The van der Waals surface area contributed by atoms with Crippen molar-refractivity contribution < 1.29 is 20.1 Å². The van der Waals surface area contributed by atoms with Gasteiger partial charge in [-0.05, 0) is 42.7 Å². The Morgan fingerprint density at radius 2 is 1.63 bits per heavy atom. The summed E-state index contributed by atoms with van der Waals surface area (Å²) < 4.78 is 5.55. The molecule has 148 valence electrons. The Morgan fingerprint density at radius 1 is 1.00 bits per heavy atom. The van der Waals surface area contributed by atoms with Crippen LogP contribution in [0.1, 0.15) is 18.4 Å². The number of halogens is 1. The Bertz CT molecular complexity index is 672. The lowest BCUT2D eigenvalue weighted by Crippen LogP contribution is -2.48. The second kappa shape index (κ2) is 9.95. The number of β-amino-alcohol motifs (C(OH)–C–C–N with tert-alkyl or cyclic N) is 1. The topological polar surface area (TPSA) is 73.2 Å². The first-order valence-electron chi connectivity index (χ1n) is 9.11.